The second-order valence-electron chi connectivity index (χ2n) is 5.40. The predicted molar refractivity (Wildman–Crippen MR) is 85.4 cm³/mol. The molecule has 0 saturated carbocycles. The van der Waals surface area contributed by atoms with Crippen LogP contribution < -0.4 is 21.1 Å². The number of anilines is 3. The molecule has 0 saturated heterocycles. The zero-order valence-corrected chi connectivity index (χ0v) is 13.6. The van der Waals surface area contributed by atoms with Crippen molar-refractivity contribution >= 4 is 17.8 Å². The van der Waals surface area contributed by atoms with Crippen LogP contribution in [0.3, 0.4) is 0 Å². The summed E-state index contributed by atoms with van der Waals surface area (Å²) in [7, 11) is 0. The van der Waals surface area contributed by atoms with Crippen molar-refractivity contribution in [2.24, 2.45) is 5.84 Å². The molecular formula is C13H27N7O. The first-order chi connectivity index (χ1) is 9.84. The lowest BCUT2D eigenvalue weighted by Crippen LogP contribution is -2.40. The molecule has 0 aliphatic rings. The maximum Gasteiger partial charge on any atom is 0.243 e. The number of hydrazine groups is 1. The van der Waals surface area contributed by atoms with Crippen molar-refractivity contribution in [3.8, 4) is 0 Å². The minimum absolute atomic E-state index is 0.316. The Kier molecular flexibility index (Phi) is 6.10. The highest BCUT2D eigenvalue weighted by Gasteiger charge is 2.21. The standard InChI is InChI=1S/C13H27N7O/c1-6-19(7-2)11-15-10(18-14)16-12(17-11)20(8-3)9-13(4,5)21/h21H,6-9,14H2,1-5H3,(H,15,16,17,18). The van der Waals surface area contributed by atoms with Crippen LogP contribution in [0.2, 0.25) is 0 Å². The van der Waals surface area contributed by atoms with E-state index in [1.54, 1.807) is 13.8 Å². The number of hydrogen-bond donors (Lipinski definition) is 3. The lowest BCUT2D eigenvalue weighted by molar-refractivity contribution is 0.0872. The summed E-state index contributed by atoms with van der Waals surface area (Å²) >= 11 is 0. The number of hydrogen-bond acceptors (Lipinski definition) is 8. The second-order valence-corrected chi connectivity index (χ2v) is 5.40. The number of aromatic nitrogens is 3. The van der Waals surface area contributed by atoms with Crippen molar-refractivity contribution in [2.45, 2.75) is 40.2 Å². The average Bonchev–Trinajstić information content (AvgIpc) is 2.44. The van der Waals surface area contributed by atoms with E-state index < -0.39 is 5.60 Å². The molecule has 0 amide bonds. The maximum atomic E-state index is 10.0. The number of nitrogens with zero attached hydrogens (tertiary/aromatic N) is 5. The van der Waals surface area contributed by atoms with Crippen molar-refractivity contribution in [3.63, 3.8) is 0 Å². The van der Waals surface area contributed by atoms with Gasteiger partial charge in [-0.25, -0.2) is 5.84 Å². The molecule has 0 radical (unpaired) electrons. The second kappa shape index (κ2) is 7.37. The fraction of sp³-hybridized carbons (Fsp3) is 0.769. The molecule has 8 heteroatoms. The van der Waals surface area contributed by atoms with Gasteiger partial charge in [-0.3, -0.25) is 5.43 Å². The molecule has 1 rings (SSSR count). The molecule has 0 spiro atoms. The predicted octanol–water partition coefficient (Wildman–Crippen LogP) is 0.601. The first kappa shape index (κ1) is 17.4. The molecule has 4 N–H and O–H groups in total. The van der Waals surface area contributed by atoms with Crippen molar-refractivity contribution in [2.75, 3.05) is 41.4 Å². The van der Waals surface area contributed by atoms with Gasteiger partial charge in [0.05, 0.1) is 5.60 Å². The van der Waals surface area contributed by atoms with Crippen molar-refractivity contribution in [1.29, 1.82) is 0 Å². The molecule has 0 fully saturated rings. The number of nitrogens with two attached hydrogens (primary N) is 1. The third kappa shape index (κ3) is 4.98. The van der Waals surface area contributed by atoms with Crippen molar-refractivity contribution in [3.05, 3.63) is 0 Å². The van der Waals surface area contributed by atoms with Crippen LogP contribution in [0, 0.1) is 0 Å². The van der Waals surface area contributed by atoms with Gasteiger partial charge in [0.2, 0.25) is 17.8 Å². The van der Waals surface area contributed by atoms with Crippen LogP contribution in [-0.2, 0) is 0 Å². The van der Waals surface area contributed by atoms with E-state index >= 15 is 0 Å². The molecule has 21 heavy (non-hydrogen) atoms. The van der Waals surface area contributed by atoms with Crippen LogP contribution in [0.5, 0.6) is 0 Å². The first-order valence-corrected chi connectivity index (χ1v) is 7.29. The molecule has 1 aromatic heterocycles. The zero-order chi connectivity index (χ0) is 16.0. The number of likely N-dealkylation sites (N-methyl/N-ethyl adjacent to an activating group) is 1. The van der Waals surface area contributed by atoms with Gasteiger partial charge in [-0.2, -0.15) is 15.0 Å². The summed E-state index contributed by atoms with van der Waals surface area (Å²) in [4.78, 5) is 17.0. The highest BCUT2D eigenvalue weighted by atomic mass is 16.3. The molecular weight excluding hydrogens is 270 g/mol. The Hall–Kier alpha value is -1.67. The fourth-order valence-corrected chi connectivity index (χ4v) is 2.00. The maximum absolute atomic E-state index is 10.0. The van der Waals surface area contributed by atoms with Crippen LogP contribution in [0.1, 0.15) is 34.6 Å². The third-order valence-electron chi connectivity index (χ3n) is 3.03. The third-order valence-corrected chi connectivity index (χ3v) is 3.03. The lowest BCUT2D eigenvalue weighted by Gasteiger charge is -2.29. The van der Waals surface area contributed by atoms with E-state index in [0.717, 1.165) is 13.1 Å². The van der Waals surface area contributed by atoms with Crippen LogP contribution in [0.25, 0.3) is 0 Å². The number of aliphatic hydroxyl groups is 1. The average molecular weight is 297 g/mol. The van der Waals surface area contributed by atoms with Crippen LogP contribution in [0.15, 0.2) is 0 Å². The van der Waals surface area contributed by atoms with Gasteiger partial charge in [0.15, 0.2) is 0 Å². The molecule has 1 heterocycles. The monoisotopic (exact) mass is 297 g/mol. The van der Waals surface area contributed by atoms with E-state index in [9.17, 15) is 5.11 Å². The highest BCUT2D eigenvalue weighted by molar-refractivity contribution is 5.44. The number of nitrogen functional groups attached to an aromatic ring is 1. The molecule has 1 aromatic rings. The summed E-state index contributed by atoms with van der Waals surface area (Å²) in [6.45, 7) is 12.3. The lowest BCUT2D eigenvalue weighted by atomic mass is 10.1. The van der Waals surface area contributed by atoms with Gasteiger partial charge >= 0.3 is 0 Å². The Balaban J connectivity index is 3.18. The van der Waals surface area contributed by atoms with Crippen molar-refractivity contribution in [1.82, 2.24) is 15.0 Å². The SMILES string of the molecule is CCN(CC)c1nc(NN)nc(N(CC)CC(C)(C)O)n1. The fourth-order valence-electron chi connectivity index (χ4n) is 2.00. The zero-order valence-electron chi connectivity index (χ0n) is 13.6. The molecule has 0 aliphatic heterocycles. The van der Waals surface area contributed by atoms with Crippen LogP contribution in [0.4, 0.5) is 17.8 Å². The van der Waals surface area contributed by atoms with Crippen LogP contribution in [-0.4, -0.2) is 51.8 Å². The molecule has 0 bridgehead atoms. The van der Waals surface area contributed by atoms with E-state index in [1.807, 2.05) is 30.6 Å². The van der Waals surface area contributed by atoms with E-state index in [4.69, 9.17) is 5.84 Å². The van der Waals surface area contributed by atoms with Gasteiger partial charge in [0, 0.05) is 26.2 Å². The minimum Gasteiger partial charge on any atom is -0.389 e. The summed E-state index contributed by atoms with van der Waals surface area (Å²) in [6, 6.07) is 0. The quantitative estimate of drug-likeness (QED) is 0.473. The number of nitrogens with one attached hydrogen (secondary N) is 1. The molecule has 0 aromatic carbocycles. The number of rotatable bonds is 8. The van der Waals surface area contributed by atoms with Gasteiger partial charge in [0.1, 0.15) is 0 Å². The van der Waals surface area contributed by atoms with Gasteiger partial charge in [-0.15, -0.1) is 0 Å². The smallest absolute Gasteiger partial charge is 0.243 e. The Labute approximate surface area is 126 Å². The normalized spacial score (nSPS) is 11.4. The molecule has 0 unspecified atom stereocenters. The summed E-state index contributed by atoms with van der Waals surface area (Å²) in [5, 5.41) is 10.0. The Morgan fingerprint density at radius 1 is 1.00 bits per heavy atom. The first-order valence-electron chi connectivity index (χ1n) is 7.29. The van der Waals surface area contributed by atoms with Crippen LogP contribution >= 0.6 is 0 Å². The Morgan fingerprint density at radius 2 is 1.48 bits per heavy atom. The van der Waals surface area contributed by atoms with Gasteiger partial charge in [0.25, 0.3) is 0 Å². The van der Waals surface area contributed by atoms with E-state index in [-0.39, 0.29) is 0 Å². The van der Waals surface area contributed by atoms with E-state index in [2.05, 4.69) is 20.4 Å². The van der Waals surface area contributed by atoms with Gasteiger partial charge in [-0.1, -0.05) is 0 Å². The van der Waals surface area contributed by atoms with Crippen molar-refractivity contribution < 1.29 is 5.11 Å². The minimum atomic E-state index is -0.839. The molecule has 0 aliphatic carbocycles. The van der Waals surface area contributed by atoms with E-state index in [1.165, 1.54) is 0 Å². The Morgan fingerprint density at radius 3 is 1.86 bits per heavy atom. The molecule has 120 valence electrons. The van der Waals surface area contributed by atoms with Gasteiger partial charge in [-0.05, 0) is 34.6 Å². The summed E-state index contributed by atoms with van der Waals surface area (Å²) in [5.74, 6) is 6.85. The Bertz CT molecular complexity index is 443. The summed E-state index contributed by atoms with van der Waals surface area (Å²) < 4.78 is 0. The van der Waals surface area contributed by atoms with Gasteiger partial charge < -0.3 is 14.9 Å². The van der Waals surface area contributed by atoms with E-state index in [0.29, 0.717) is 30.9 Å². The highest BCUT2D eigenvalue weighted by Crippen LogP contribution is 2.18. The topological polar surface area (TPSA) is 103 Å². The summed E-state index contributed by atoms with van der Waals surface area (Å²) in [6.07, 6.45) is 0. The summed E-state index contributed by atoms with van der Waals surface area (Å²) in [5.41, 5.74) is 1.64. The molecule has 8 nitrogen and oxygen atoms in total. The largest absolute Gasteiger partial charge is 0.389 e. The molecule has 0 atom stereocenters.